The summed E-state index contributed by atoms with van der Waals surface area (Å²) in [4.78, 5) is 11.2. The molecule has 0 unspecified atom stereocenters. The van der Waals surface area contributed by atoms with Gasteiger partial charge >= 0.3 is 5.97 Å². The first-order valence-corrected chi connectivity index (χ1v) is 5.19. The van der Waals surface area contributed by atoms with E-state index in [1.54, 1.807) is 0 Å². The van der Waals surface area contributed by atoms with E-state index >= 15 is 0 Å². The lowest BCUT2D eigenvalue weighted by molar-refractivity contribution is -0.142. The van der Waals surface area contributed by atoms with Gasteiger partial charge in [0.2, 0.25) is 0 Å². The zero-order valence-corrected chi connectivity index (χ0v) is 10.7. The highest BCUT2D eigenvalue weighted by molar-refractivity contribution is 5.85. The monoisotopic (exact) mass is 255 g/mol. The molecule has 1 rings (SSSR count). The Balaban J connectivity index is 0.00000256. The van der Waals surface area contributed by atoms with E-state index in [9.17, 15) is 4.79 Å². The van der Waals surface area contributed by atoms with Crippen LogP contribution in [0.4, 0.5) is 0 Å². The van der Waals surface area contributed by atoms with Crippen LogP contribution in [0.15, 0.2) is 36.9 Å². The van der Waals surface area contributed by atoms with Crippen molar-refractivity contribution in [3.63, 3.8) is 0 Å². The third-order valence-electron chi connectivity index (χ3n) is 2.33. The average Bonchev–Trinajstić information content (AvgIpc) is 2.29. The van der Waals surface area contributed by atoms with Gasteiger partial charge in [0.1, 0.15) is 6.04 Å². The third kappa shape index (κ3) is 5.02. The minimum atomic E-state index is -0.594. The molecule has 3 nitrogen and oxygen atoms in total. The van der Waals surface area contributed by atoms with Crippen molar-refractivity contribution in [2.75, 3.05) is 7.11 Å². The normalized spacial score (nSPS) is 11.2. The van der Waals surface area contributed by atoms with Crippen LogP contribution in [0.1, 0.15) is 11.1 Å². The second-order valence-corrected chi connectivity index (χ2v) is 3.65. The van der Waals surface area contributed by atoms with Crippen molar-refractivity contribution in [3.05, 3.63) is 48.0 Å². The number of carbonyl (C=O) groups excluding carboxylic acids is 1. The quantitative estimate of drug-likeness (QED) is 0.646. The first-order valence-electron chi connectivity index (χ1n) is 5.19. The second-order valence-electron chi connectivity index (χ2n) is 3.65. The van der Waals surface area contributed by atoms with Crippen LogP contribution in [0.3, 0.4) is 0 Å². The van der Waals surface area contributed by atoms with Crippen LogP contribution < -0.4 is 5.73 Å². The van der Waals surface area contributed by atoms with Crippen molar-refractivity contribution in [3.8, 4) is 0 Å². The minimum absolute atomic E-state index is 0. The number of benzene rings is 1. The number of allylic oxidation sites excluding steroid dienone is 1. The number of rotatable bonds is 5. The van der Waals surface area contributed by atoms with Gasteiger partial charge in [-0.2, -0.15) is 0 Å². The van der Waals surface area contributed by atoms with Crippen molar-refractivity contribution < 1.29 is 9.53 Å². The van der Waals surface area contributed by atoms with E-state index in [0.717, 1.165) is 12.0 Å². The fourth-order valence-corrected chi connectivity index (χ4v) is 1.54. The van der Waals surface area contributed by atoms with E-state index in [1.807, 2.05) is 30.3 Å². The van der Waals surface area contributed by atoms with Gasteiger partial charge in [0.15, 0.2) is 0 Å². The molecule has 0 aromatic heterocycles. The van der Waals surface area contributed by atoms with Gasteiger partial charge in [-0.05, 0) is 24.0 Å². The highest BCUT2D eigenvalue weighted by atomic mass is 35.5. The SMILES string of the molecule is C=CCc1cccc(C[C@@H](N)C(=O)OC)c1.Cl. The highest BCUT2D eigenvalue weighted by Gasteiger charge is 2.13. The standard InChI is InChI=1S/C13H17NO2.ClH/c1-3-5-10-6-4-7-11(8-10)9-12(14)13(15)16-2;/h3-4,6-8,12H,1,5,9,14H2,2H3;1H/t12-;/m1./s1. The largest absolute Gasteiger partial charge is 0.468 e. The third-order valence-corrected chi connectivity index (χ3v) is 2.33. The number of hydrogen-bond acceptors (Lipinski definition) is 3. The van der Waals surface area contributed by atoms with Gasteiger partial charge in [-0.25, -0.2) is 0 Å². The Labute approximate surface area is 108 Å². The summed E-state index contributed by atoms with van der Waals surface area (Å²) in [6.45, 7) is 3.69. The number of methoxy groups -OCH3 is 1. The molecular formula is C13H18ClNO2. The first kappa shape index (κ1) is 15.7. The van der Waals surface area contributed by atoms with Crippen LogP contribution in [0.2, 0.25) is 0 Å². The maximum absolute atomic E-state index is 11.2. The molecule has 4 heteroatoms. The average molecular weight is 256 g/mol. The summed E-state index contributed by atoms with van der Waals surface area (Å²) in [6.07, 6.45) is 3.16. The Bertz CT molecular complexity index is 379. The topological polar surface area (TPSA) is 52.3 Å². The van der Waals surface area contributed by atoms with Gasteiger partial charge in [0.25, 0.3) is 0 Å². The summed E-state index contributed by atoms with van der Waals surface area (Å²) in [5.41, 5.74) is 7.90. The number of esters is 1. The number of hydrogen-bond donors (Lipinski definition) is 1. The van der Waals surface area contributed by atoms with Crippen LogP contribution in [0.5, 0.6) is 0 Å². The van der Waals surface area contributed by atoms with Gasteiger partial charge < -0.3 is 10.5 Å². The van der Waals surface area contributed by atoms with Crippen LogP contribution in [0.25, 0.3) is 0 Å². The maximum Gasteiger partial charge on any atom is 0.322 e. The summed E-state index contributed by atoms with van der Waals surface area (Å²) < 4.78 is 4.58. The lowest BCUT2D eigenvalue weighted by Gasteiger charge is -2.09. The summed E-state index contributed by atoms with van der Waals surface area (Å²) in [5, 5.41) is 0. The smallest absolute Gasteiger partial charge is 0.322 e. The van der Waals surface area contributed by atoms with Gasteiger partial charge in [0, 0.05) is 0 Å². The Morgan fingerprint density at radius 3 is 2.76 bits per heavy atom. The first-order chi connectivity index (χ1) is 7.67. The lowest BCUT2D eigenvalue weighted by atomic mass is 10.0. The molecule has 1 aromatic carbocycles. The van der Waals surface area contributed by atoms with Gasteiger partial charge in [-0.1, -0.05) is 30.3 Å². The van der Waals surface area contributed by atoms with Gasteiger partial charge in [-0.3, -0.25) is 4.79 Å². The number of carbonyl (C=O) groups is 1. The summed E-state index contributed by atoms with van der Waals surface area (Å²) in [5.74, 6) is -0.380. The van der Waals surface area contributed by atoms with E-state index in [1.165, 1.54) is 12.7 Å². The molecule has 94 valence electrons. The predicted molar refractivity (Wildman–Crippen MR) is 71.3 cm³/mol. The van der Waals surface area contributed by atoms with Crippen molar-refractivity contribution in [1.29, 1.82) is 0 Å². The number of ether oxygens (including phenoxy) is 1. The van der Waals surface area contributed by atoms with Crippen LogP contribution in [0, 0.1) is 0 Å². The van der Waals surface area contributed by atoms with Crippen molar-refractivity contribution in [2.45, 2.75) is 18.9 Å². The molecule has 0 aliphatic carbocycles. The molecule has 0 fully saturated rings. The van der Waals surface area contributed by atoms with Crippen molar-refractivity contribution in [2.24, 2.45) is 5.73 Å². The molecule has 0 aliphatic rings. The van der Waals surface area contributed by atoms with E-state index in [0.29, 0.717) is 6.42 Å². The molecule has 1 atom stereocenters. The molecule has 0 saturated carbocycles. The molecule has 2 N–H and O–H groups in total. The Morgan fingerprint density at radius 1 is 1.53 bits per heavy atom. The van der Waals surface area contributed by atoms with Crippen LogP contribution >= 0.6 is 12.4 Å². The molecule has 0 radical (unpaired) electrons. The van der Waals surface area contributed by atoms with Crippen LogP contribution in [-0.2, 0) is 22.4 Å². The van der Waals surface area contributed by atoms with Gasteiger partial charge in [0.05, 0.1) is 7.11 Å². The van der Waals surface area contributed by atoms with E-state index in [4.69, 9.17) is 5.73 Å². The van der Waals surface area contributed by atoms with E-state index < -0.39 is 6.04 Å². The van der Waals surface area contributed by atoms with Crippen LogP contribution in [-0.4, -0.2) is 19.1 Å². The Morgan fingerprint density at radius 2 is 2.18 bits per heavy atom. The predicted octanol–water partition coefficient (Wildman–Crippen LogP) is 1.88. The number of nitrogens with two attached hydrogens (primary N) is 1. The van der Waals surface area contributed by atoms with E-state index in [-0.39, 0.29) is 18.4 Å². The molecule has 1 aromatic rings. The molecule has 0 saturated heterocycles. The second kappa shape index (κ2) is 7.87. The lowest BCUT2D eigenvalue weighted by Crippen LogP contribution is -2.33. The Kier molecular flexibility index (Phi) is 7.26. The summed E-state index contributed by atoms with van der Waals surface area (Å²) in [7, 11) is 1.34. The maximum atomic E-state index is 11.2. The van der Waals surface area contributed by atoms with Gasteiger partial charge in [-0.15, -0.1) is 19.0 Å². The molecule has 0 amide bonds. The summed E-state index contributed by atoms with van der Waals surface area (Å²) in [6, 6.07) is 7.37. The molecule has 0 heterocycles. The highest BCUT2D eigenvalue weighted by Crippen LogP contribution is 2.08. The van der Waals surface area contributed by atoms with Crippen molar-refractivity contribution in [1.82, 2.24) is 0 Å². The summed E-state index contributed by atoms with van der Waals surface area (Å²) >= 11 is 0. The zero-order chi connectivity index (χ0) is 12.0. The molecule has 17 heavy (non-hydrogen) atoms. The fraction of sp³-hybridized carbons (Fsp3) is 0.308. The molecule has 0 spiro atoms. The molecular weight excluding hydrogens is 238 g/mol. The molecule has 0 bridgehead atoms. The minimum Gasteiger partial charge on any atom is -0.468 e. The van der Waals surface area contributed by atoms with E-state index in [2.05, 4.69) is 11.3 Å². The zero-order valence-electron chi connectivity index (χ0n) is 9.89. The Hall–Kier alpha value is -1.32. The fourth-order valence-electron chi connectivity index (χ4n) is 1.54. The number of halogens is 1. The van der Waals surface area contributed by atoms with Crippen molar-refractivity contribution >= 4 is 18.4 Å². The molecule has 0 aliphatic heterocycles.